The molecule has 0 radical (unpaired) electrons. The predicted molar refractivity (Wildman–Crippen MR) is 626 cm³/mol. The van der Waals surface area contributed by atoms with E-state index in [2.05, 4.69) is 411 Å². The highest BCUT2D eigenvalue weighted by Gasteiger charge is 2.60. The molecule has 3 heterocycles. The first kappa shape index (κ1) is 149. The molecule has 137 heavy (non-hydrogen) atoms. The zero-order valence-corrected chi connectivity index (χ0v) is 107. The quantitative estimate of drug-likeness (QED) is 0.249. The fourth-order valence-corrected chi connectivity index (χ4v) is 16.2. The van der Waals surface area contributed by atoms with Gasteiger partial charge >= 0.3 is 0 Å². The van der Waals surface area contributed by atoms with Gasteiger partial charge in [-0.15, -0.1) is 0 Å². The molecule has 0 bridgehead atoms. The number of hydrogen-bond acceptors (Lipinski definition) is 4. The molecule has 1 atom stereocenters. The van der Waals surface area contributed by atoms with Gasteiger partial charge in [-0.2, -0.15) is 0 Å². The summed E-state index contributed by atoms with van der Waals surface area (Å²) in [6.45, 7) is 156. The van der Waals surface area contributed by atoms with Crippen LogP contribution in [0.25, 0.3) is 9.69 Å². The minimum atomic E-state index is -0.229. The van der Waals surface area contributed by atoms with Gasteiger partial charge in [0.15, 0.2) is 0 Å². The van der Waals surface area contributed by atoms with Crippen LogP contribution < -0.4 is 0 Å². The summed E-state index contributed by atoms with van der Waals surface area (Å²) in [5.41, 5.74) is 8.10. The highest BCUT2D eigenvalue weighted by molar-refractivity contribution is 5.17. The highest BCUT2D eigenvalue weighted by Crippen LogP contribution is 2.53. The van der Waals surface area contributed by atoms with Crippen LogP contribution in [0.2, 0.25) is 0 Å². The Bertz CT molecular complexity index is 2740. The SMILES string of the molecule is CC(C)(C)C.CC(C)(C)C1CC1.CC(C)(C)C1CCC1.CC(C)(C)C1CCC1.CC(C)(C)C1CCCC1.CC(C)(C)C1CCCCC1.CC(C)(C)C1CCOC1.CC(C)(C)C1CCOCC1.CC(C)(C)CC1CC1.CC(C)(C)CC1COC1.CC(C)C(C)(C)C.CC(C)CC(C)(C)C.CCC(C)(C)C.CCCC(C)(C)C.COCCC(C)(C)C.[C-]#[N+]C(C)(C)C(C)(C)C.[C-]#[N+]C1(C(C)(C)C)CC1. The third-order valence-electron chi connectivity index (χ3n) is 30.0. The predicted octanol–water partition coefficient (Wildman–Crippen LogP) is 44.8. The third kappa shape index (κ3) is 96.7. The van der Waals surface area contributed by atoms with E-state index < -0.39 is 0 Å². The summed E-state index contributed by atoms with van der Waals surface area (Å²) in [6.07, 6.45) is 43.2. The largest absolute Gasteiger partial charge is 0.385 e. The number of hydrogen-bond donors (Lipinski definition) is 0. The van der Waals surface area contributed by atoms with Gasteiger partial charge in [-0.1, -0.05) is 472 Å². The lowest BCUT2D eigenvalue weighted by Crippen LogP contribution is -2.32. The lowest BCUT2D eigenvalue weighted by Gasteiger charge is -2.37. The topological polar surface area (TPSA) is 45.6 Å². The van der Waals surface area contributed by atoms with E-state index in [1.54, 1.807) is 7.11 Å². The van der Waals surface area contributed by atoms with E-state index in [-0.39, 0.29) is 21.9 Å². The number of rotatable bonds is 6. The molecule has 0 aromatic rings. The van der Waals surface area contributed by atoms with Crippen LogP contribution in [0.1, 0.15) is 614 Å². The van der Waals surface area contributed by atoms with Crippen LogP contribution in [0, 0.1) is 170 Å². The van der Waals surface area contributed by atoms with Gasteiger partial charge in [0.1, 0.15) is 0 Å². The standard InChI is InChI=1S/C10H20.C9H18O.C9H18.C8H13N.C8H15N.2C8H16O.3C8H16.C8H18.C7H16O.C7H14.2C7H16.C6H14.C5H12/c1-10(2,3)9-7-5-4-6-8-9;1-9(2,3)8-4-6-10-7-5-8;1-9(2,3)8-6-4-5-7-8;1-7(2,3)8(9-4)5-6-8;1-7(2,3)8(4,5)9-6;1-8(2,3)4-7-5-9-6-7;1-8(2,3)7-4-5-9-6-7;1-8(2,3)6-7-4-5-7;2*1-8(2,3)7-5-4-6-7;1-7(2)6-8(3,4)5;1-7(2,3)5-6-8-4;1-7(2,3)6-4-5-6;1-6(2)7(3,4)5;1-5-6-7(2,3)4;1-5-6(2,3)4;1-5(2,3)4/h9H,4-8H2,1-3H3;8H,4-7H2,1-3H3;8H,4-7H2,1-3H3;5-6H2,1-3H3;1-5H3;2*7H,4-6H2,1-3H3;3*7H,4-6H2,1-3H3;7H,6H2,1-5H3;5-6H2,1-4H3;6H,4-5H2,1-3H3;6H,1-5H3;5-6H2,1-4H3;5H2,1-4H3;1-4H3. The molecule has 7 saturated carbocycles. The normalized spacial score (nSPS) is 19.3. The van der Waals surface area contributed by atoms with Gasteiger partial charge in [-0.25, -0.2) is 13.1 Å². The van der Waals surface area contributed by atoms with Crippen LogP contribution >= 0.6 is 0 Å². The molecule has 6 heteroatoms. The Morgan fingerprint density at radius 1 is 0.314 bits per heavy atom. The zero-order chi connectivity index (χ0) is 110. The van der Waals surface area contributed by atoms with Crippen LogP contribution in [-0.4, -0.2) is 64.4 Å². The smallest absolute Gasteiger partial charge is 0.237 e. The van der Waals surface area contributed by atoms with Crippen molar-refractivity contribution < 1.29 is 18.9 Å². The van der Waals surface area contributed by atoms with Gasteiger partial charge in [0.2, 0.25) is 11.1 Å². The first-order chi connectivity index (χ1) is 60.8. The van der Waals surface area contributed by atoms with Crippen LogP contribution in [0.4, 0.5) is 0 Å². The summed E-state index contributed by atoms with van der Waals surface area (Å²) in [7, 11) is 1.74. The molecule has 0 N–H and O–H groups in total. The van der Waals surface area contributed by atoms with Crippen molar-refractivity contribution in [3.05, 3.63) is 22.8 Å². The maximum Gasteiger partial charge on any atom is 0.237 e. The van der Waals surface area contributed by atoms with Crippen LogP contribution in [-0.2, 0) is 18.9 Å². The fourth-order valence-electron chi connectivity index (χ4n) is 16.2. The summed E-state index contributed by atoms with van der Waals surface area (Å²) < 4.78 is 20.6. The minimum Gasteiger partial charge on any atom is -0.385 e. The van der Waals surface area contributed by atoms with Gasteiger partial charge in [-0.05, 0) is 256 Å². The Kier molecular flexibility index (Phi) is 72.8. The molecule has 1 unspecified atom stereocenters. The van der Waals surface area contributed by atoms with Crippen molar-refractivity contribution in [1.29, 1.82) is 0 Å². The van der Waals surface area contributed by atoms with Gasteiger partial charge in [0.25, 0.3) is 0 Å². The second-order valence-electron chi connectivity index (χ2n) is 65.3. The van der Waals surface area contributed by atoms with E-state index in [9.17, 15) is 0 Å². The summed E-state index contributed by atoms with van der Waals surface area (Å²) in [4.78, 5) is 7.19. The van der Waals surface area contributed by atoms with E-state index in [1.165, 1.54) is 180 Å². The van der Waals surface area contributed by atoms with Crippen molar-refractivity contribution in [2.75, 3.05) is 53.4 Å². The molecule has 10 fully saturated rings. The second kappa shape index (κ2) is 67.0. The average molecular weight is 1940 g/mol. The number of ether oxygens (including phenoxy) is 4. The van der Waals surface area contributed by atoms with Gasteiger partial charge < -0.3 is 28.6 Å². The molecule has 0 amide bonds. The van der Waals surface area contributed by atoms with Gasteiger partial charge in [0.05, 0.1) is 13.2 Å². The lowest BCUT2D eigenvalue weighted by molar-refractivity contribution is -0.0486. The Morgan fingerprint density at radius 3 is 0.679 bits per heavy atom. The molecule has 0 aromatic carbocycles. The third-order valence-corrected chi connectivity index (χ3v) is 30.0. The molecular formula is C131H270N2O4. The van der Waals surface area contributed by atoms with E-state index >= 15 is 0 Å². The van der Waals surface area contributed by atoms with Gasteiger partial charge in [0, 0.05) is 83.6 Å². The second-order valence-corrected chi connectivity index (χ2v) is 65.3. The summed E-state index contributed by atoms with van der Waals surface area (Å²) in [5, 5.41) is 0. The molecule has 10 aliphatic rings. The molecule has 3 saturated heterocycles. The Balaban J connectivity index is -0.000000263. The monoisotopic (exact) mass is 1940 g/mol. The number of nitrogens with zero attached hydrogens (tertiary/aromatic N) is 2. The van der Waals surface area contributed by atoms with Crippen molar-refractivity contribution in [3.8, 4) is 0 Å². The average Bonchev–Trinajstić information content (AvgIpc) is 1.61. The van der Waals surface area contributed by atoms with Gasteiger partial charge in [-0.3, -0.25) is 0 Å². The minimum absolute atomic E-state index is 0.0208. The fraction of sp³-hybridized carbons (Fsp3) is 0.985. The molecule has 0 aromatic heterocycles. The highest BCUT2D eigenvalue weighted by atomic mass is 16.5. The lowest BCUT2D eigenvalue weighted by atomic mass is 9.69. The molecule has 828 valence electrons. The molecule has 3 aliphatic heterocycles. The zero-order valence-electron chi connectivity index (χ0n) is 107. The van der Waals surface area contributed by atoms with Crippen LogP contribution in [0.15, 0.2) is 0 Å². The summed E-state index contributed by atoms with van der Waals surface area (Å²) in [6, 6.07) is 0. The van der Waals surface area contributed by atoms with Crippen molar-refractivity contribution in [2.24, 2.45) is 157 Å². The van der Waals surface area contributed by atoms with E-state index in [4.69, 9.17) is 32.1 Å². The first-order valence-electron chi connectivity index (χ1n) is 57.8. The van der Waals surface area contributed by atoms with Crippen molar-refractivity contribution in [2.45, 2.75) is 626 Å². The first-order valence-corrected chi connectivity index (χ1v) is 57.8. The summed E-state index contributed by atoms with van der Waals surface area (Å²) in [5.74, 6) is 10.4. The van der Waals surface area contributed by atoms with Crippen molar-refractivity contribution in [1.82, 2.24) is 0 Å². The van der Waals surface area contributed by atoms with E-state index in [0.29, 0.717) is 81.2 Å². The van der Waals surface area contributed by atoms with E-state index in [1.807, 2.05) is 13.8 Å². The maximum absolute atomic E-state index is 6.95. The molecular weight excluding hydrogens is 1670 g/mol. The molecule has 10 rings (SSSR count). The van der Waals surface area contributed by atoms with Crippen LogP contribution in [0.5, 0.6) is 0 Å². The van der Waals surface area contributed by atoms with Crippen molar-refractivity contribution in [3.63, 3.8) is 0 Å². The summed E-state index contributed by atoms with van der Waals surface area (Å²) >= 11 is 0. The molecule has 7 aliphatic carbocycles. The maximum atomic E-state index is 6.95. The molecule has 6 nitrogen and oxygen atoms in total. The Morgan fingerprint density at radius 2 is 0.591 bits per heavy atom. The Hall–Kier alpha value is -1.18. The van der Waals surface area contributed by atoms with Crippen molar-refractivity contribution >= 4 is 0 Å². The van der Waals surface area contributed by atoms with E-state index in [0.717, 1.165) is 131 Å². The number of methoxy groups -OCH3 is 1. The van der Waals surface area contributed by atoms with Crippen LogP contribution in [0.3, 0.4) is 0 Å². The Labute approximate surface area is 872 Å². The molecule has 0 spiro atoms.